The summed E-state index contributed by atoms with van der Waals surface area (Å²) in [6, 6.07) is 11.4. The van der Waals surface area contributed by atoms with Gasteiger partial charge in [-0.1, -0.05) is 37.3 Å². The number of fused-ring (bicyclic) bond motifs is 1. The lowest BCUT2D eigenvalue weighted by molar-refractivity contribution is -0.907. The number of nitrogens with one attached hydrogen (secondary N) is 1. The Morgan fingerprint density at radius 2 is 1.84 bits per heavy atom. The highest BCUT2D eigenvalue weighted by Gasteiger charge is 2.44. The molecule has 38 heavy (non-hydrogen) atoms. The van der Waals surface area contributed by atoms with Crippen molar-refractivity contribution in [3.8, 4) is 17.2 Å². The number of rotatable bonds is 9. The molecule has 1 atom stereocenters. The summed E-state index contributed by atoms with van der Waals surface area (Å²) < 4.78 is 22.6. The fourth-order valence-electron chi connectivity index (χ4n) is 5.08. The van der Waals surface area contributed by atoms with E-state index in [1.165, 1.54) is 4.90 Å². The number of Topliss-reactive ketones (excluding diaryl/α,β-unsaturated/α-hetero) is 1. The smallest absolute Gasteiger partial charge is 0.295 e. The van der Waals surface area contributed by atoms with Crippen LogP contribution in [0, 0.1) is 0 Å². The first kappa shape index (κ1) is 26.1. The van der Waals surface area contributed by atoms with Crippen molar-refractivity contribution < 1.29 is 38.5 Å². The van der Waals surface area contributed by atoms with Gasteiger partial charge in [0.05, 0.1) is 39.0 Å². The number of carbonyl (C=O) groups excluding carboxylic acids is 2. The minimum atomic E-state index is -0.800. The average molecular weight is 523 g/mol. The standard InChI is InChI=1S/C29H34N2O7/c1-2-3-13-36-22-6-4-5-20(18-22)26-25(27(32)21-7-8-23-24(19-21)38-17-16-37-23)28(33)29(34)31(26)10-9-30-11-14-35-15-12-30/h4-8,18-19,26,32H,2-3,9-17H2,1H3/b27-25+. The highest BCUT2D eigenvalue weighted by Crippen LogP contribution is 2.40. The number of nitrogens with zero attached hydrogens (tertiary/aromatic N) is 1. The highest BCUT2D eigenvalue weighted by atomic mass is 16.6. The minimum absolute atomic E-state index is 0.0469. The third kappa shape index (κ3) is 5.49. The molecule has 2 saturated heterocycles. The fraction of sp³-hybridized carbons (Fsp3) is 0.448. The summed E-state index contributed by atoms with van der Waals surface area (Å²) in [6.07, 6.45) is 1.92. The van der Waals surface area contributed by atoms with Crippen molar-refractivity contribution in [1.82, 2.24) is 4.90 Å². The van der Waals surface area contributed by atoms with Crippen LogP contribution in [-0.4, -0.2) is 75.8 Å². The number of ketones is 1. The van der Waals surface area contributed by atoms with Crippen molar-refractivity contribution in [3.63, 3.8) is 0 Å². The molecule has 202 valence electrons. The lowest BCUT2D eigenvalue weighted by Gasteiger charge is -2.30. The Morgan fingerprint density at radius 1 is 1.05 bits per heavy atom. The number of hydrogen-bond acceptors (Lipinski definition) is 7. The average Bonchev–Trinajstić information content (AvgIpc) is 3.21. The molecule has 9 heteroatoms. The number of carbonyl (C=O) groups is 2. The summed E-state index contributed by atoms with van der Waals surface area (Å²) >= 11 is 0. The first-order valence-corrected chi connectivity index (χ1v) is 13.4. The van der Waals surface area contributed by atoms with Gasteiger partial charge in [-0.25, -0.2) is 0 Å². The molecule has 0 radical (unpaired) electrons. The van der Waals surface area contributed by atoms with Crippen molar-refractivity contribution in [2.45, 2.75) is 25.8 Å². The quantitative estimate of drug-likeness (QED) is 0.225. The molecule has 3 heterocycles. The number of benzene rings is 2. The van der Waals surface area contributed by atoms with Crippen LogP contribution in [0.1, 0.15) is 36.9 Å². The molecule has 1 unspecified atom stereocenters. The number of quaternary nitrogens is 1. The zero-order valence-corrected chi connectivity index (χ0v) is 21.7. The molecule has 0 bridgehead atoms. The van der Waals surface area contributed by atoms with Crippen LogP contribution < -0.4 is 24.2 Å². The highest BCUT2D eigenvalue weighted by molar-refractivity contribution is 6.46. The molecule has 0 aromatic heterocycles. The second-order valence-electron chi connectivity index (χ2n) is 9.72. The largest absolute Gasteiger partial charge is 0.872 e. The summed E-state index contributed by atoms with van der Waals surface area (Å²) in [7, 11) is 0. The van der Waals surface area contributed by atoms with Gasteiger partial charge in [-0.2, -0.15) is 0 Å². The van der Waals surface area contributed by atoms with Crippen LogP contribution in [-0.2, 0) is 14.3 Å². The van der Waals surface area contributed by atoms with E-state index in [1.807, 2.05) is 24.3 Å². The fourth-order valence-corrected chi connectivity index (χ4v) is 5.08. The van der Waals surface area contributed by atoms with E-state index in [1.54, 1.807) is 23.1 Å². The van der Waals surface area contributed by atoms with Gasteiger partial charge < -0.3 is 33.9 Å². The predicted octanol–water partition coefficient (Wildman–Crippen LogP) is 0.776. The van der Waals surface area contributed by atoms with E-state index in [0.717, 1.165) is 25.9 Å². The van der Waals surface area contributed by atoms with Crippen LogP contribution in [0.25, 0.3) is 5.76 Å². The third-order valence-corrected chi connectivity index (χ3v) is 7.18. The zero-order valence-electron chi connectivity index (χ0n) is 21.7. The molecule has 9 nitrogen and oxygen atoms in total. The Kier molecular flexibility index (Phi) is 8.14. The second kappa shape index (κ2) is 11.9. The van der Waals surface area contributed by atoms with Crippen LogP contribution in [0.3, 0.4) is 0 Å². The van der Waals surface area contributed by atoms with Crippen molar-refractivity contribution in [2.24, 2.45) is 0 Å². The van der Waals surface area contributed by atoms with Crippen LogP contribution in [0.4, 0.5) is 0 Å². The second-order valence-corrected chi connectivity index (χ2v) is 9.72. The van der Waals surface area contributed by atoms with E-state index in [9.17, 15) is 14.7 Å². The van der Waals surface area contributed by atoms with Gasteiger partial charge in [0.25, 0.3) is 5.91 Å². The summed E-state index contributed by atoms with van der Waals surface area (Å²) in [6.45, 7) is 7.51. The minimum Gasteiger partial charge on any atom is -0.872 e. The molecule has 2 fully saturated rings. The maximum atomic E-state index is 13.8. The van der Waals surface area contributed by atoms with Crippen LogP contribution in [0.5, 0.6) is 17.2 Å². The van der Waals surface area contributed by atoms with Crippen molar-refractivity contribution >= 4 is 17.4 Å². The number of morpholine rings is 1. The molecular weight excluding hydrogens is 488 g/mol. The van der Waals surface area contributed by atoms with Gasteiger partial charge in [0.2, 0.25) is 5.78 Å². The molecule has 0 saturated carbocycles. The first-order chi connectivity index (χ1) is 18.6. The molecule has 5 rings (SSSR count). The lowest BCUT2D eigenvalue weighted by Crippen LogP contribution is -3.14. The van der Waals surface area contributed by atoms with E-state index in [2.05, 4.69) is 6.92 Å². The zero-order chi connectivity index (χ0) is 26.5. The SMILES string of the molecule is CCCCOc1cccc(C2/C(=C(\[O-])c3ccc4c(c3)OCCO4)C(=O)C(=O)N2CC[NH+]2CCOCC2)c1. The molecule has 2 aromatic rings. The monoisotopic (exact) mass is 522 g/mol. The van der Waals surface area contributed by atoms with Gasteiger partial charge in [-0.15, -0.1) is 0 Å². The Labute approximate surface area is 222 Å². The third-order valence-electron chi connectivity index (χ3n) is 7.18. The summed E-state index contributed by atoms with van der Waals surface area (Å²) in [5.74, 6) is -0.244. The van der Waals surface area contributed by atoms with Gasteiger partial charge >= 0.3 is 0 Å². The van der Waals surface area contributed by atoms with Crippen LogP contribution in [0.2, 0.25) is 0 Å². The Balaban J connectivity index is 1.52. The number of likely N-dealkylation sites (tertiary alicyclic amines) is 1. The molecule has 1 N–H and O–H groups in total. The summed E-state index contributed by atoms with van der Waals surface area (Å²) in [5, 5.41) is 13.8. The topological polar surface area (TPSA) is 102 Å². The summed E-state index contributed by atoms with van der Waals surface area (Å²) in [4.78, 5) is 29.6. The van der Waals surface area contributed by atoms with Gasteiger partial charge in [-0.05, 0) is 41.8 Å². The Hall–Kier alpha value is -3.56. The van der Waals surface area contributed by atoms with Gasteiger partial charge in [-0.3, -0.25) is 9.59 Å². The lowest BCUT2D eigenvalue weighted by atomic mass is 9.95. The van der Waals surface area contributed by atoms with E-state index in [-0.39, 0.29) is 11.1 Å². The predicted molar refractivity (Wildman–Crippen MR) is 137 cm³/mol. The molecule has 0 aliphatic carbocycles. The van der Waals surface area contributed by atoms with Crippen LogP contribution >= 0.6 is 0 Å². The molecule has 3 aliphatic rings. The van der Waals surface area contributed by atoms with E-state index < -0.39 is 23.5 Å². The first-order valence-electron chi connectivity index (χ1n) is 13.4. The Bertz CT molecular complexity index is 1210. The molecule has 3 aliphatic heterocycles. The van der Waals surface area contributed by atoms with Crippen molar-refractivity contribution in [3.05, 3.63) is 59.2 Å². The Morgan fingerprint density at radius 3 is 2.63 bits per heavy atom. The maximum Gasteiger partial charge on any atom is 0.295 e. The van der Waals surface area contributed by atoms with Gasteiger partial charge in [0.15, 0.2) is 11.5 Å². The van der Waals surface area contributed by atoms with E-state index >= 15 is 0 Å². The van der Waals surface area contributed by atoms with E-state index in [0.29, 0.717) is 68.9 Å². The van der Waals surface area contributed by atoms with Gasteiger partial charge in [0.1, 0.15) is 32.1 Å². The van der Waals surface area contributed by atoms with Crippen molar-refractivity contribution in [2.75, 3.05) is 59.2 Å². The number of unbranched alkanes of at least 4 members (excludes halogenated alkanes) is 1. The van der Waals surface area contributed by atoms with Crippen LogP contribution in [0.15, 0.2) is 48.0 Å². The normalized spacial score (nSPS) is 21.1. The number of amides is 1. The van der Waals surface area contributed by atoms with E-state index in [4.69, 9.17) is 18.9 Å². The molecule has 1 amide bonds. The number of ether oxygens (including phenoxy) is 4. The molecular formula is C29H34N2O7. The van der Waals surface area contributed by atoms with Crippen molar-refractivity contribution in [1.29, 1.82) is 0 Å². The molecule has 0 spiro atoms. The molecule has 2 aromatic carbocycles. The maximum absolute atomic E-state index is 13.8. The number of hydrogen-bond donors (Lipinski definition) is 1. The van der Waals surface area contributed by atoms with Gasteiger partial charge in [0, 0.05) is 5.57 Å². The summed E-state index contributed by atoms with van der Waals surface area (Å²) in [5.41, 5.74) is 0.914.